The first-order valence-corrected chi connectivity index (χ1v) is 9.05. The standard InChI is InChI=1S/C21H23N3O3/c1-26-19-6-4-18(5-7-19)15-23-10-12-24(13-11-23)21(25)16-27-20-8-2-17(14-22)3-9-20/h2-9H,10-13,15-16H2,1H3/p+1. The molecule has 1 aliphatic heterocycles. The Balaban J connectivity index is 1.42. The summed E-state index contributed by atoms with van der Waals surface area (Å²) in [5.74, 6) is 1.47. The Morgan fingerprint density at radius 2 is 1.70 bits per heavy atom. The van der Waals surface area contributed by atoms with Gasteiger partial charge in [-0.15, -0.1) is 0 Å². The maximum absolute atomic E-state index is 12.4. The molecule has 3 rings (SSSR count). The molecule has 1 N–H and O–H groups in total. The molecular weight excluding hydrogens is 342 g/mol. The van der Waals surface area contributed by atoms with Gasteiger partial charge in [0, 0.05) is 5.56 Å². The summed E-state index contributed by atoms with van der Waals surface area (Å²) in [4.78, 5) is 15.7. The van der Waals surface area contributed by atoms with Crippen LogP contribution in [0.3, 0.4) is 0 Å². The van der Waals surface area contributed by atoms with Gasteiger partial charge in [0.1, 0.15) is 18.0 Å². The van der Waals surface area contributed by atoms with E-state index in [2.05, 4.69) is 18.2 Å². The molecule has 0 aliphatic carbocycles. The highest BCUT2D eigenvalue weighted by molar-refractivity contribution is 5.77. The second-order valence-electron chi connectivity index (χ2n) is 6.58. The van der Waals surface area contributed by atoms with Crippen molar-refractivity contribution < 1.29 is 19.2 Å². The van der Waals surface area contributed by atoms with Gasteiger partial charge in [0.05, 0.1) is 44.9 Å². The predicted octanol–water partition coefficient (Wildman–Crippen LogP) is 0.873. The zero-order chi connectivity index (χ0) is 19.1. The average molecular weight is 366 g/mol. The van der Waals surface area contributed by atoms with Crippen molar-refractivity contribution in [2.75, 3.05) is 39.9 Å². The number of piperazine rings is 1. The molecule has 0 spiro atoms. The minimum Gasteiger partial charge on any atom is -0.497 e. The van der Waals surface area contributed by atoms with Crippen molar-refractivity contribution in [3.8, 4) is 17.6 Å². The van der Waals surface area contributed by atoms with Gasteiger partial charge >= 0.3 is 0 Å². The van der Waals surface area contributed by atoms with Gasteiger partial charge in [0.25, 0.3) is 5.91 Å². The fourth-order valence-electron chi connectivity index (χ4n) is 3.14. The highest BCUT2D eigenvalue weighted by Gasteiger charge is 2.24. The van der Waals surface area contributed by atoms with Crippen LogP contribution in [0.5, 0.6) is 11.5 Å². The van der Waals surface area contributed by atoms with Gasteiger partial charge in [0.15, 0.2) is 6.61 Å². The molecule has 27 heavy (non-hydrogen) atoms. The zero-order valence-electron chi connectivity index (χ0n) is 15.5. The quantitative estimate of drug-likeness (QED) is 0.824. The van der Waals surface area contributed by atoms with Gasteiger partial charge in [-0.25, -0.2) is 0 Å². The van der Waals surface area contributed by atoms with Crippen molar-refractivity contribution in [2.24, 2.45) is 0 Å². The summed E-state index contributed by atoms with van der Waals surface area (Å²) in [6.45, 7) is 4.30. The molecule has 2 aromatic carbocycles. The Hall–Kier alpha value is -3.04. The molecule has 1 saturated heterocycles. The lowest BCUT2D eigenvalue weighted by molar-refractivity contribution is -0.917. The molecular formula is C21H24N3O3+. The summed E-state index contributed by atoms with van der Waals surface area (Å²) < 4.78 is 10.7. The van der Waals surface area contributed by atoms with E-state index in [1.807, 2.05) is 17.0 Å². The lowest BCUT2D eigenvalue weighted by Gasteiger charge is -2.32. The number of nitrogens with zero attached hydrogens (tertiary/aromatic N) is 2. The number of quaternary nitrogens is 1. The Labute approximate surface area is 159 Å². The predicted molar refractivity (Wildman–Crippen MR) is 101 cm³/mol. The third-order valence-corrected chi connectivity index (χ3v) is 4.78. The van der Waals surface area contributed by atoms with Crippen LogP contribution in [0.4, 0.5) is 0 Å². The monoisotopic (exact) mass is 366 g/mol. The van der Waals surface area contributed by atoms with Gasteiger partial charge < -0.3 is 19.3 Å². The molecule has 0 bridgehead atoms. The number of amides is 1. The fraction of sp³-hybridized carbons (Fsp3) is 0.333. The first-order valence-electron chi connectivity index (χ1n) is 9.05. The average Bonchev–Trinajstić information content (AvgIpc) is 2.73. The number of rotatable bonds is 6. The minimum atomic E-state index is 0.00265. The Morgan fingerprint density at radius 3 is 2.30 bits per heavy atom. The number of carbonyl (C=O) groups is 1. The van der Waals surface area contributed by atoms with Crippen LogP contribution in [-0.2, 0) is 11.3 Å². The third kappa shape index (κ3) is 5.22. The van der Waals surface area contributed by atoms with Crippen LogP contribution in [0.15, 0.2) is 48.5 Å². The van der Waals surface area contributed by atoms with Crippen LogP contribution in [0, 0.1) is 11.3 Å². The van der Waals surface area contributed by atoms with Crippen molar-refractivity contribution >= 4 is 5.91 Å². The van der Waals surface area contributed by atoms with E-state index >= 15 is 0 Å². The topological polar surface area (TPSA) is 67.0 Å². The van der Waals surface area contributed by atoms with Crippen LogP contribution in [0.25, 0.3) is 0 Å². The van der Waals surface area contributed by atoms with Gasteiger partial charge in [-0.3, -0.25) is 4.79 Å². The maximum atomic E-state index is 12.4. The smallest absolute Gasteiger partial charge is 0.260 e. The van der Waals surface area contributed by atoms with Gasteiger partial charge in [-0.1, -0.05) is 0 Å². The van der Waals surface area contributed by atoms with E-state index < -0.39 is 0 Å². The molecule has 0 atom stereocenters. The highest BCUT2D eigenvalue weighted by Crippen LogP contribution is 2.12. The van der Waals surface area contributed by atoms with Crippen LogP contribution in [-0.4, -0.2) is 50.7 Å². The summed E-state index contributed by atoms with van der Waals surface area (Å²) >= 11 is 0. The van der Waals surface area contributed by atoms with E-state index in [4.69, 9.17) is 14.7 Å². The number of nitrogens with one attached hydrogen (secondary N) is 1. The van der Waals surface area contributed by atoms with E-state index in [0.29, 0.717) is 11.3 Å². The molecule has 2 aromatic rings. The van der Waals surface area contributed by atoms with Crippen LogP contribution in [0.2, 0.25) is 0 Å². The third-order valence-electron chi connectivity index (χ3n) is 4.78. The Kier molecular flexibility index (Phi) is 6.29. The van der Waals surface area contributed by atoms with E-state index in [1.54, 1.807) is 31.4 Å². The first kappa shape index (κ1) is 18.7. The molecule has 0 unspecified atom stereocenters. The highest BCUT2D eigenvalue weighted by atomic mass is 16.5. The molecule has 0 radical (unpaired) electrons. The molecule has 6 heteroatoms. The van der Waals surface area contributed by atoms with Gasteiger partial charge in [0.2, 0.25) is 0 Å². The van der Waals surface area contributed by atoms with E-state index in [1.165, 1.54) is 10.5 Å². The second-order valence-corrected chi connectivity index (χ2v) is 6.58. The molecule has 0 saturated carbocycles. The van der Waals surface area contributed by atoms with Crippen molar-refractivity contribution in [3.05, 3.63) is 59.7 Å². The Bertz CT molecular complexity index is 789. The normalized spacial score (nSPS) is 14.4. The van der Waals surface area contributed by atoms with Crippen molar-refractivity contribution in [1.29, 1.82) is 5.26 Å². The molecule has 0 aromatic heterocycles. The SMILES string of the molecule is COc1ccc(C[NH+]2CCN(C(=O)COc3ccc(C#N)cc3)CC2)cc1. The van der Waals surface area contributed by atoms with Crippen LogP contribution < -0.4 is 14.4 Å². The van der Waals surface area contributed by atoms with Crippen LogP contribution in [0.1, 0.15) is 11.1 Å². The Morgan fingerprint density at radius 1 is 1.07 bits per heavy atom. The summed E-state index contributed by atoms with van der Waals surface area (Å²) in [5, 5.41) is 8.80. The fourth-order valence-corrected chi connectivity index (χ4v) is 3.14. The number of hydrogen-bond donors (Lipinski definition) is 1. The number of benzene rings is 2. The van der Waals surface area contributed by atoms with Crippen LogP contribution >= 0.6 is 0 Å². The van der Waals surface area contributed by atoms with Gasteiger partial charge in [-0.05, 0) is 48.5 Å². The summed E-state index contributed by atoms with van der Waals surface area (Å²) in [5.41, 5.74) is 1.85. The van der Waals surface area contributed by atoms with Gasteiger partial charge in [-0.2, -0.15) is 5.26 Å². The second kappa shape index (κ2) is 9.06. The first-order chi connectivity index (χ1) is 13.2. The number of carbonyl (C=O) groups excluding carboxylic acids is 1. The molecule has 1 amide bonds. The summed E-state index contributed by atoms with van der Waals surface area (Å²) in [6, 6.07) is 17.0. The number of methoxy groups -OCH3 is 1. The van der Waals surface area contributed by atoms with Crippen molar-refractivity contribution in [3.63, 3.8) is 0 Å². The van der Waals surface area contributed by atoms with Crippen molar-refractivity contribution in [1.82, 2.24) is 4.90 Å². The van der Waals surface area contributed by atoms with E-state index in [-0.39, 0.29) is 12.5 Å². The maximum Gasteiger partial charge on any atom is 0.260 e. The number of hydrogen-bond acceptors (Lipinski definition) is 4. The zero-order valence-corrected chi connectivity index (χ0v) is 15.5. The molecule has 6 nitrogen and oxygen atoms in total. The lowest BCUT2D eigenvalue weighted by atomic mass is 10.2. The molecule has 140 valence electrons. The molecule has 1 fully saturated rings. The van der Waals surface area contributed by atoms with E-state index in [9.17, 15) is 4.79 Å². The number of nitriles is 1. The largest absolute Gasteiger partial charge is 0.497 e. The molecule has 1 aliphatic rings. The minimum absolute atomic E-state index is 0.00265. The summed E-state index contributed by atoms with van der Waals surface area (Å²) in [6.07, 6.45) is 0. The van der Waals surface area contributed by atoms with E-state index in [0.717, 1.165) is 38.5 Å². The van der Waals surface area contributed by atoms with Crippen molar-refractivity contribution in [2.45, 2.75) is 6.54 Å². The lowest BCUT2D eigenvalue weighted by Crippen LogP contribution is -3.13. The molecule has 1 heterocycles. The summed E-state index contributed by atoms with van der Waals surface area (Å²) in [7, 11) is 1.67. The number of ether oxygens (including phenoxy) is 2.